The summed E-state index contributed by atoms with van der Waals surface area (Å²) in [6.45, 7) is 1.59. The molecule has 0 radical (unpaired) electrons. The van der Waals surface area contributed by atoms with Gasteiger partial charge in [0.25, 0.3) is 5.91 Å². The molecule has 0 aliphatic carbocycles. The summed E-state index contributed by atoms with van der Waals surface area (Å²) in [5, 5.41) is 2.85. The molecule has 1 unspecified atom stereocenters. The van der Waals surface area contributed by atoms with E-state index in [0.29, 0.717) is 6.42 Å². The molecule has 0 saturated carbocycles. The number of furan rings is 1. The Balaban J connectivity index is 2.00. The molecule has 1 aromatic heterocycles. The topological polar surface area (TPSA) is 62.6 Å². The predicted octanol–water partition coefficient (Wildman–Crippen LogP) is 2.92. The summed E-state index contributed by atoms with van der Waals surface area (Å²) >= 11 is 1.68. The van der Waals surface area contributed by atoms with Gasteiger partial charge in [-0.3, -0.25) is 9.59 Å². The normalized spacial score (nSPS) is 17.2. The Bertz CT molecular complexity index is 482. The number of thioether (sulfide) groups is 1. The molecule has 5 nitrogen and oxygen atoms in total. The molecular weight excluding hydrogens is 312 g/mol. The van der Waals surface area contributed by atoms with Crippen molar-refractivity contribution in [3.05, 3.63) is 24.2 Å². The molecule has 1 saturated heterocycles. The molecule has 1 aromatic rings. The average Bonchev–Trinajstić information content (AvgIpc) is 3.05. The second kappa shape index (κ2) is 9.65. The van der Waals surface area contributed by atoms with Crippen molar-refractivity contribution >= 4 is 23.6 Å². The number of nitrogens with zero attached hydrogens (tertiary/aromatic N) is 1. The summed E-state index contributed by atoms with van der Waals surface area (Å²) in [6, 6.07) is 2.81. The Kier molecular flexibility index (Phi) is 7.52. The van der Waals surface area contributed by atoms with Gasteiger partial charge in [0.1, 0.15) is 6.04 Å². The Morgan fingerprint density at radius 3 is 2.57 bits per heavy atom. The van der Waals surface area contributed by atoms with E-state index in [1.54, 1.807) is 23.9 Å². The van der Waals surface area contributed by atoms with Gasteiger partial charge in [0, 0.05) is 13.1 Å². The summed E-state index contributed by atoms with van der Waals surface area (Å²) in [5.41, 5.74) is 0. The molecular formula is C17H26N2O3S. The number of hydrogen-bond acceptors (Lipinski definition) is 4. The van der Waals surface area contributed by atoms with E-state index in [1.165, 1.54) is 25.5 Å². The first-order valence-electron chi connectivity index (χ1n) is 8.34. The number of rotatable bonds is 6. The molecule has 2 rings (SSSR count). The highest BCUT2D eigenvalue weighted by atomic mass is 32.2. The van der Waals surface area contributed by atoms with Crippen molar-refractivity contribution in [3.8, 4) is 0 Å². The Morgan fingerprint density at radius 1 is 1.26 bits per heavy atom. The quantitative estimate of drug-likeness (QED) is 0.866. The van der Waals surface area contributed by atoms with E-state index in [-0.39, 0.29) is 17.6 Å². The molecule has 2 amide bonds. The van der Waals surface area contributed by atoms with Gasteiger partial charge in [-0.25, -0.2) is 0 Å². The lowest BCUT2D eigenvalue weighted by atomic mass is 10.1. The summed E-state index contributed by atoms with van der Waals surface area (Å²) < 4.78 is 5.12. The van der Waals surface area contributed by atoms with Crippen molar-refractivity contribution in [1.82, 2.24) is 10.2 Å². The highest BCUT2D eigenvalue weighted by molar-refractivity contribution is 7.98. The zero-order chi connectivity index (χ0) is 16.5. The molecule has 1 aliphatic heterocycles. The fraction of sp³-hybridized carbons (Fsp3) is 0.647. The Hall–Kier alpha value is -1.43. The third-order valence-corrected chi connectivity index (χ3v) is 4.77. The van der Waals surface area contributed by atoms with Gasteiger partial charge in [0.05, 0.1) is 6.26 Å². The molecule has 0 bridgehead atoms. The summed E-state index contributed by atoms with van der Waals surface area (Å²) in [6.07, 6.45) is 9.82. The number of amides is 2. The molecule has 1 fully saturated rings. The van der Waals surface area contributed by atoms with Gasteiger partial charge >= 0.3 is 0 Å². The molecule has 128 valence electrons. The number of carbonyl (C=O) groups excluding carboxylic acids is 2. The van der Waals surface area contributed by atoms with Gasteiger partial charge in [-0.1, -0.05) is 19.3 Å². The standard InChI is InChI=1S/C17H26N2O3S/c1-23-13-9-14(18-16(20)15-8-7-12-22-15)17(21)19-10-5-3-2-4-6-11-19/h7-8,12,14H,2-6,9-11,13H2,1H3,(H,18,20). The van der Waals surface area contributed by atoms with Crippen LogP contribution in [0.4, 0.5) is 0 Å². The molecule has 1 atom stereocenters. The second-order valence-corrected chi connectivity index (χ2v) is 6.86. The molecule has 1 N–H and O–H groups in total. The predicted molar refractivity (Wildman–Crippen MR) is 92.6 cm³/mol. The zero-order valence-corrected chi connectivity index (χ0v) is 14.6. The van der Waals surface area contributed by atoms with Crippen molar-refractivity contribution in [3.63, 3.8) is 0 Å². The van der Waals surface area contributed by atoms with E-state index in [1.807, 2.05) is 11.2 Å². The third-order valence-electron chi connectivity index (χ3n) is 4.13. The van der Waals surface area contributed by atoms with Crippen LogP contribution in [0.3, 0.4) is 0 Å². The minimum atomic E-state index is -0.473. The van der Waals surface area contributed by atoms with E-state index < -0.39 is 6.04 Å². The van der Waals surface area contributed by atoms with Crippen LogP contribution in [0.25, 0.3) is 0 Å². The van der Waals surface area contributed by atoms with Crippen LogP contribution in [0, 0.1) is 0 Å². The van der Waals surface area contributed by atoms with E-state index in [4.69, 9.17) is 4.42 Å². The monoisotopic (exact) mass is 338 g/mol. The molecule has 2 heterocycles. The zero-order valence-electron chi connectivity index (χ0n) is 13.8. The minimum absolute atomic E-state index is 0.0425. The largest absolute Gasteiger partial charge is 0.459 e. The van der Waals surface area contributed by atoms with E-state index >= 15 is 0 Å². The average molecular weight is 338 g/mol. The van der Waals surface area contributed by atoms with Gasteiger partial charge in [-0.15, -0.1) is 0 Å². The van der Waals surface area contributed by atoms with Crippen molar-refractivity contribution in [2.45, 2.75) is 44.6 Å². The maximum Gasteiger partial charge on any atom is 0.287 e. The van der Waals surface area contributed by atoms with Gasteiger partial charge < -0.3 is 14.6 Å². The fourth-order valence-corrected chi connectivity index (χ4v) is 3.29. The smallest absolute Gasteiger partial charge is 0.287 e. The summed E-state index contributed by atoms with van der Waals surface area (Å²) in [7, 11) is 0. The molecule has 0 spiro atoms. The lowest BCUT2D eigenvalue weighted by molar-refractivity contribution is -0.133. The first-order chi connectivity index (χ1) is 11.2. The van der Waals surface area contributed by atoms with Gasteiger partial charge in [-0.2, -0.15) is 11.8 Å². The lowest BCUT2D eigenvalue weighted by Crippen LogP contribution is -2.49. The van der Waals surface area contributed by atoms with Gasteiger partial charge in [-0.05, 0) is 43.4 Å². The van der Waals surface area contributed by atoms with Gasteiger partial charge in [0.15, 0.2) is 5.76 Å². The van der Waals surface area contributed by atoms with Crippen molar-refractivity contribution in [2.75, 3.05) is 25.1 Å². The van der Waals surface area contributed by atoms with Gasteiger partial charge in [0.2, 0.25) is 5.91 Å². The Labute approximate surface area is 142 Å². The second-order valence-electron chi connectivity index (χ2n) is 5.88. The molecule has 23 heavy (non-hydrogen) atoms. The molecule has 6 heteroatoms. The highest BCUT2D eigenvalue weighted by Crippen LogP contribution is 2.13. The van der Waals surface area contributed by atoms with Crippen LogP contribution < -0.4 is 5.32 Å². The molecule has 1 aliphatic rings. The highest BCUT2D eigenvalue weighted by Gasteiger charge is 2.26. The van der Waals surface area contributed by atoms with E-state index in [0.717, 1.165) is 31.7 Å². The Morgan fingerprint density at radius 2 is 1.96 bits per heavy atom. The summed E-state index contributed by atoms with van der Waals surface area (Å²) in [4.78, 5) is 27.0. The molecule has 0 aromatic carbocycles. The van der Waals surface area contributed by atoms with E-state index in [9.17, 15) is 9.59 Å². The van der Waals surface area contributed by atoms with E-state index in [2.05, 4.69) is 5.32 Å². The summed E-state index contributed by atoms with van der Waals surface area (Å²) in [5.74, 6) is 0.810. The number of hydrogen-bond donors (Lipinski definition) is 1. The number of likely N-dealkylation sites (tertiary alicyclic amines) is 1. The van der Waals surface area contributed by atoms with Crippen LogP contribution in [0.15, 0.2) is 22.8 Å². The van der Waals surface area contributed by atoms with Crippen LogP contribution in [0.2, 0.25) is 0 Å². The maximum absolute atomic E-state index is 12.8. The fourth-order valence-electron chi connectivity index (χ4n) is 2.82. The first-order valence-corrected chi connectivity index (χ1v) is 9.74. The van der Waals surface area contributed by atoms with Crippen LogP contribution >= 0.6 is 11.8 Å². The van der Waals surface area contributed by atoms with Crippen LogP contribution in [0.5, 0.6) is 0 Å². The van der Waals surface area contributed by atoms with Crippen molar-refractivity contribution in [2.24, 2.45) is 0 Å². The minimum Gasteiger partial charge on any atom is -0.459 e. The van der Waals surface area contributed by atoms with Crippen molar-refractivity contribution in [1.29, 1.82) is 0 Å². The number of carbonyl (C=O) groups is 2. The SMILES string of the molecule is CSCCC(NC(=O)c1ccco1)C(=O)N1CCCCCCC1. The van der Waals surface area contributed by atoms with Crippen molar-refractivity contribution < 1.29 is 14.0 Å². The lowest BCUT2D eigenvalue weighted by Gasteiger charge is -2.29. The third kappa shape index (κ3) is 5.61. The van der Waals surface area contributed by atoms with Crippen LogP contribution in [-0.2, 0) is 4.79 Å². The maximum atomic E-state index is 12.8. The first kappa shape index (κ1) is 17.9. The van der Waals surface area contributed by atoms with Crippen LogP contribution in [-0.4, -0.2) is 47.9 Å². The van der Waals surface area contributed by atoms with Crippen LogP contribution in [0.1, 0.15) is 49.1 Å². The number of nitrogens with one attached hydrogen (secondary N) is 1.